The maximum absolute atomic E-state index is 12.1. The first-order chi connectivity index (χ1) is 8.52. The van der Waals surface area contributed by atoms with Crippen molar-refractivity contribution in [2.75, 3.05) is 0 Å². The number of carbonyl (C=O) groups excluding carboxylic acids is 1. The summed E-state index contributed by atoms with van der Waals surface area (Å²) in [7, 11) is 0. The SMILES string of the molecule is CCC(C)NC(=O)c1cnn2c(C)cc(C)nc12. The van der Waals surface area contributed by atoms with Crippen LogP contribution in [0.15, 0.2) is 12.3 Å². The summed E-state index contributed by atoms with van der Waals surface area (Å²) >= 11 is 0. The summed E-state index contributed by atoms with van der Waals surface area (Å²) in [6, 6.07) is 2.09. The number of hydrogen-bond donors (Lipinski definition) is 1. The smallest absolute Gasteiger partial charge is 0.256 e. The number of hydrogen-bond acceptors (Lipinski definition) is 3. The van der Waals surface area contributed by atoms with E-state index in [-0.39, 0.29) is 11.9 Å². The Morgan fingerprint density at radius 1 is 1.50 bits per heavy atom. The zero-order valence-corrected chi connectivity index (χ0v) is 11.2. The predicted molar refractivity (Wildman–Crippen MR) is 69.7 cm³/mol. The molecule has 0 fully saturated rings. The fourth-order valence-corrected chi connectivity index (χ4v) is 1.83. The highest BCUT2D eigenvalue weighted by atomic mass is 16.1. The van der Waals surface area contributed by atoms with E-state index in [0.717, 1.165) is 17.8 Å². The largest absolute Gasteiger partial charge is 0.349 e. The predicted octanol–water partition coefficient (Wildman–Crippen LogP) is 1.87. The van der Waals surface area contributed by atoms with Crippen molar-refractivity contribution in [1.82, 2.24) is 19.9 Å². The topological polar surface area (TPSA) is 59.3 Å². The van der Waals surface area contributed by atoms with Crippen molar-refractivity contribution in [2.45, 2.75) is 40.2 Å². The zero-order chi connectivity index (χ0) is 13.3. The number of nitrogens with zero attached hydrogens (tertiary/aromatic N) is 3. The molecule has 1 atom stereocenters. The second-order valence-electron chi connectivity index (χ2n) is 4.62. The molecule has 2 heterocycles. The molecule has 1 N–H and O–H groups in total. The van der Waals surface area contributed by atoms with Gasteiger partial charge in [0.25, 0.3) is 5.91 Å². The van der Waals surface area contributed by atoms with Crippen molar-refractivity contribution in [3.05, 3.63) is 29.2 Å². The van der Waals surface area contributed by atoms with Gasteiger partial charge in [0.1, 0.15) is 5.56 Å². The molecule has 0 saturated carbocycles. The van der Waals surface area contributed by atoms with Crippen molar-refractivity contribution in [3.63, 3.8) is 0 Å². The molecule has 5 heteroatoms. The Labute approximate surface area is 106 Å². The average molecular weight is 246 g/mol. The first-order valence-corrected chi connectivity index (χ1v) is 6.15. The van der Waals surface area contributed by atoms with Gasteiger partial charge in [-0.05, 0) is 33.3 Å². The molecule has 18 heavy (non-hydrogen) atoms. The van der Waals surface area contributed by atoms with Crippen molar-refractivity contribution in [2.24, 2.45) is 0 Å². The van der Waals surface area contributed by atoms with Gasteiger partial charge in [0.2, 0.25) is 0 Å². The molecule has 0 aromatic carbocycles. The van der Waals surface area contributed by atoms with Crippen LogP contribution in [0.2, 0.25) is 0 Å². The molecule has 5 nitrogen and oxygen atoms in total. The summed E-state index contributed by atoms with van der Waals surface area (Å²) in [6.45, 7) is 7.88. The van der Waals surface area contributed by atoms with E-state index in [1.807, 2.05) is 33.8 Å². The van der Waals surface area contributed by atoms with Gasteiger partial charge in [-0.2, -0.15) is 5.10 Å². The van der Waals surface area contributed by atoms with E-state index in [1.165, 1.54) is 0 Å². The summed E-state index contributed by atoms with van der Waals surface area (Å²) in [5.74, 6) is -0.114. The van der Waals surface area contributed by atoms with Crippen molar-refractivity contribution < 1.29 is 4.79 Å². The Hall–Kier alpha value is -1.91. The number of fused-ring (bicyclic) bond motifs is 1. The van der Waals surface area contributed by atoms with E-state index in [2.05, 4.69) is 15.4 Å². The molecule has 0 aliphatic rings. The van der Waals surface area contributed by atoms with E-state index in [4.69, 9.17) is 0 Å². The van der Waals surface area contributed by atoms with Crippen LogP contribution in [0.3, 0.4) is 0 Å². The molecule has 1 amide bonds. The van der Waals surface area contributed by atoms with Crippen LogP contribution < -0.4 is 5.32 Å². The normalized spacial score (nSPS) is 12.7. The third-order valence-electron chi connectivity index (χ3n) is 3.01. The first-order valence-electron chi connectivity index (χ1n) is 6.15. The molecule has 2 aromatic rings. The van der Waals surface area contributed by atoms with Gasteiger partial charge in [-0.15, -0.1) is 0 Å². The molecule has 0 aliphatic carbocycles. The third kappa shape index (κ3) is 2.20. The Morgan fingerprint density at radius 2 is 2.22 bits per heavy atom. The summed E-state index contributed by atoms with van der Waals surface area (Å²) in [6.07, 6.45) is 2.48. The molecule has 2 rings (SSSR count). The monoisotopic (exact) mass is 246 g/mol. The summed E-state index contributed by atoms with van der Waals surface area (Å²) in [5, 5.41) is 7.14. The van der Waals surface area contributed by atoms with E-state index >= 15 is 0 Å². The molecule has 0 spiro atoms. The second-order valence-corrected chi connectivity index (χ2v) is 4.62. The molecular formula is C13H18N4O. The van der Waals surface area contributed by atoms with Gasteiger partial charge in [0.05, 0.1) is 6.20 Å². The Morgan fingerprint density at radius 3 is 2.89 bits per heavy atom. The van der Waals surface area contributed by atoms with E-state index in [9.17, 15) is 4.79 Å². The molecule has 2 aromatic heterocycles. The lowest BCUT2D eigenvalue weighted by Gasteiger charge is -2.10. The maximum atomic E-state index is 12.1. The summed E-state index contributed by atoms with van der Waals surface area (Å²) in [4.78, 5) is 16.5. The van der Waals surface area contributed by atoms with E-state index in [1.54, 1.807) is 10.7 Å². The highest BCUT2D eigenvalue weighted by molar-refractivity contribution is 5.99. The van der Waals surface area contributed by atoms with Crippen LogP contribution in [0, 0.1) is 13.8 Å². The summed E-state index contributed by atoms with van der Waals surface area (Å²) in [5.41, 5.74) is 3.01. The minimum atomic E-state index is -0.114. The van der Waals surface area contributed by atoms with E-state index in [0.29, 0.717) is 11.2 Å². The van der Waals surface area contributed by atoms with Gasteiger partial charge >= 0.3 is 0 Å². The van der Waals surface area contributed by atoms with Gasteiger partial charge in [-0.25, -0.2) is 9.50 Å². The average Bonchev–Trinajstić information content (AvgIpc) is 2.72. The maximum Gasteiger partial charge on any atom is 0.256 e. The highest BCUT2D eigenvalue weighted by Crippen LogP contribution is 2.12. The Kier molecular flexibility index (Phi) is 3.32. The van der Waals surface area contributed by atoms with Gasteiger partial charge in [0, 0.05) is 17.4 Å². The number of aryl methyl sites for hydroxylation is 2. The van der Waals surface area contributed by atoms with Crippen molar-refractivity contribution in [3.8, 4) is 0 Å². The van der Waals surface area contributed by atoms with Crippen molar-refractivity contribution >= 4 is 11.6 Å². The lowest BCUT2D eigenvalue weighted by Crippen LogP contribution is -2.31. The lowest BCUT2D eigenvalue weighted by molar-refractivity contribution is 0.0940. The Bertz CT molecular complexity index is 588. The quantitative estimate of drug-likeness (QED) is 0.899. The van der Waals surface area contributed by atoms with Gasteiger partial charge in [-0.1, -0.05) is 6.92 Å². The number of amides is 1. The minimum Gasteiger partial charge on any atom is -0.349 e. The zero-order valence-electron chi connectivity index (χ0n) is 11.2. The third-order valence-corrected chi connectivity index (χ3v) is 3.01. The number of carbonyl (C=O) groups is 1. The number of aromatic nitrogens is 3. The highest BCUT2D eigenvalue weighted by Gasteiger charge is 2.16. The Balaban J connectivity index is 2.43. The molecule has 96 valence electrons. The fourth-order valence-electron chi connectivity index (χ4n) is 1.83. The number of nitrogens with one attached hydrogen (secondary N) is 1. The molecule has 1 unspecified atom stereocenters. The molecule has 0 bridgehead atoms. The van der Waals surface area contributed by atoms with Crippen LogP contribution in [0.4, 0.5) is 0 Å². The number of rotatable bonds is 3. The van der Waals surface area contributed by atoms with Crippen LogP contribution in [0.5, 0.6) is 0 Å². The van der Waals surface area contributed by atoms with Crippen LogP contribution in [-0.4, -0.2) is 26.5 Å². The minimum absolute atomic E-state index is 0.114. The van der Waals surface area contributed by atoms with Crippen LogP contribution >= 0.6 is 0 Å². The summed E-state index contributed by atoms with van der Waals surface area (Å²) < 4.78 is 1.69. The van der Waals surface area contributed by atoms with Gasteiger partial charge < -0.3 is 5.32 Å². The van der Waals surface area contributed by atoms with Gasteiger partial charge in [-0.3, -0.25) is 4.79 Å². The van der Waals surface area contributed by atoms with Crippen LogP contribution in [0.25, 0.3) is 5.65 Å². The molecule has 0 radical (unpaired) electrons. The standard InChI is InChI=1S/C13H18N4O/c1-5-8(2)16-13(18)11-7-14-17-10(4)6-9(3)15-12(11)17/h6-8H,5H2,1-4H3,(H,16,18). The lowest BCUT2D eigenvalue weighted by atomic mass is 10.2. The fraction of sp³-hybridized carbons (Fsp3) is 0.462. The second kappa shape index (κ2) is 4.76. The van der Waals surface area contributed by atoms with Crippen molar-refractivity contribution in [1.29, 1.82) is 0 Å². The molecule has 0 saturated heterocycles. The van der Waals surface area contributed by atoms with Crippen LogP contribution in [0.1, 0.15) is 42.0 Å². The first kappa shape index (κ1) is 12.5. The van der Waals surface area contributed by atoms with E-state index < -0.39 is 0 Å². The van der Waals surface area contributed by atoms with Crippen LogP contribution in [-0.2, 0) is 0 Å². The molecule has 0 aliphatic heterocycles. The van der Waals surface area contributed by atoms with Gasteiger partial charge in [0.15, 0.2) is 5.65 Å². The molecular weight excluding hydrogens is 228 g/mol.